The summed E-state index contributed by atoms with van der Waals surface area (Å²) >= 11 is 0. The van der Waals surface area contributed by atoms with Gasteiger partial charge in [-0.1, -0.05) is 92.7 Å². The van der Waals surface area contributed by atoms with E-state index in [0.29, 0.717) is 12.8 Å². The number of aromatic amines is 1. The van der Waals surface area contributed by atoms with Gasteiger partial charge in [0.2, 0.25) is 17.7 Å². The number of carbonyl (C=O) groups excluding carboxylic acids is 3. The number of benzene rings is 3. The fourth-order valence-electron chi connectivity index (χ4n) is 6.88. The maximum Gasteiger partial charge on any atom is 0.246 e. The minimum atomic E-state index is -0.811. The number of hydrogen-bond acceptors (Lipinski definition) is 4. The first kappa shape index (κ1) is 28.7. The zero-order valence-electron chi connectivity index (χ0n) is 25.1. The highest BCUT2D eigenvalue weighted by Gasteiger charge is 2.56. The van der Waals surface area contributed by atoms with Crippen molar-refractivity contribution in [2.75, 3.05) is 7.05 Å². The summed E-state index contributed by atoms with van der Waals surface area (Å²) < 4.78 is 0. The number of rotatable bonds is 7. The van der Waals surface area contributed by atoms with Gasteiger partial charge in [-0.3, -0.25) is 14.4 Å². The Hall–Kier alpha value is -4.43. The van der Waals surface area contributed by atoms with Gasteiger partial charge < -0.3 is 25.8 Å². The summed E-state index contributed by atoms with van der Waals surface area (Å²) in [4.78, 5) is 47.4. The molecule has 3 amide bonds. The molecule has 0 radical (unpaired) electrons. The Labute approximate surface area is 252 Å². The van der Waals surface area contributed by atoms with Crippen LogP contribution in [0.3, 0.4) is 0 Å². The largest absolute Gasteiger partial charge is 0.356 e. The summed E-state index contributed by atoms with van der Waals surface area (Å²) in [6.07, 6.45) is 0.949. The van der Waals surface area contributed by atoms with Crippen LogP contribution < -0.4 is 16.0 Å². The van der Waals surface area contributed by atoms with Crippen LogP contribution >= 0.6 is 0 Å². The SMILES string of the molecule is CN[C@@H](C)C(=O)N[C@H]1Cc2c([nH]c3ccccc23)[C@H]2CC(C)(C)[C@@H](C(=O)NC(c3ccccc3)c3ccccc3)N2C1=O. The summed E-state index contributed by atoms with van der Waals surface area (Å²) in [5.41, 5.74) is 4.32. The molecule has 8 heteroatoms. The number of nitrogens with one attached hydrogen (secondary N) is 4. The summed E-state index contributed by atoms with van der Waals surface area (Å²) in [6, 6.07) is 25.1. The fourth-order valence-corrected chi connectivity index (χ4v) is 6.88. The first-order valence-electron chi connectivity index (χ1n) is 15.0. The molecule has 43 heavy (non-hydrogen) atoms. The maximum absolute atomic E-state index is 14.5. The Morgan fingerprint density at radius 3 is 2.16 bits per heavy atom. The van der Waals surface area contributed by atoms with Gasteiger partial charge in [0.1, 0.15) is 12.1 Å². The second-order valence-electron chi connectivity index (χ2n) is 12.5. The van der Waals surface area contributed by atoms with E-state index in [1.165, 1.54) is 0 Å². The quantitative estimate of drug-likeness (QED) is 0.261. The van der Waals surface area contributed by atoms with E-state index < -0.39 is 23.5 Å². The number of aromatic nitrogens is 1. The molecule has 8 nitrogen and oxygen atoms in total. The monoisotopic (exact) mass is 577 g/mol. The van der Waals surface area contributed by atoms with Crippen molar-refractivity contribution in [1.29, 1.82) is 0 Å². The number of nitrogens with zero attached hydrogens (tertiary/aromatic N) is 1. The normalized spacial score (nSPS) is 21.7. The van der Waals surface area contributed by atoms with Crippen LogP contribution in [0.15, 0.2) is 84.9 Å². The molecular formula is C35H39N5O3. The molecule has 0 unspecified atom stereocenters. The number of para-hydroxylation sites is 1. The average Bonchev–Trinajstić information content (AvgIpc) is 3.50. The van der Waals surface area contributed by atoms with Crippen LogP contribution in [0.4, 0.5) is 0 Å². The number of hydrogen-bond donors (Lipinski definition) is 4. The lowest BCUT2D eigenvalue weighted by Gasteiger charge is -2.35. The van der Waals surface area contributed by atoms with Crippen LogP contribution in [0.1, 0.15) is 61.7 Å². The van der Waals surface area contributed by atoms with Gasteiger partial charge >= 0.3 is 0 Å². The van der Waals surface area contributed by atoms with Crippen molar-refractivity contribution in [3.63, 3.8) is 0 Å². The Balaban J connectivity index is 1.42. The zero-order chi connectivity index (χ0) is 30.3. The second kappa shape index (κ2) is 11.3. The first-order valence-corrected chi connectivity index (χ1v) is 15.0. The van der Waals surface area contributed by atoms with E-state index in [-0.39, 0.29) is 29.8 Å². The van der Waals surface area contributed by atoms with Crippen LogP contribution in [0, 0.1) is 5.41 Å². The van der Waals surface area contributed by atoms with Crippen LogP contribution in [0.25, 0.3) is 10.9 Å². The minimum absolute atomic E-state index is 0.216. The lowest BCUT2D eigenvalue weighted by molar-refractivity contribution is -0.145. The van der Waals surface area contributed by atoms with Gasteiger partial charge in [-0.2, -0.15) is 0 Å². The Kier molecular flexibility index (Phi) is 7.56. The Bertz CT molecular complexity index is 1610. The van der Waals surface area contributed by atoms with Crippen molar-refractivity contribution >= 4 is 28.6 Å². The third-order valence-corrected chi connectivity index (χ3v) is 9.16. The molecule has 0 bridgehead atoms. The molecule has 0 aliphatic carbocycles. The van der Waals surface area contributed by atoms with Crippen molar-refractivity contribution in [2.45, 2.75) is 63.8 Å². The molecule has 6 rings (SSSR count). The summed E-state index contributed by atoms with van der Waals surface area (Å²) in [5, 5.41) is 10.3. The summed E-state index contributed by atoms with van der Waals surface area (Å²) in [5.74, 6) is -0.711. The molecule has 1 fully saturated rings. The van der Waals surface area contributed by atoms with Gasteiger partial charge in [0.15, 0.2) is 0 Å². The van der Waals surface area contributed by atoms with Crippen molar-refractivity contribution in [3.05, 3.63) is 107 Å². The number of likely N-dealkylation sites (N-methyl/N-ethyl adjacent to an activating group) is 1. The van der Waals surface area contributed by atoms with Gasteiger partial charge in [0.25, 0.3) is 0 Å². The van der Waals surface area contributed by atoms with E-state index in [2.05, 4.69) is 40.8 Å². The lowest BCUT2D eigenvalue weighted by atomic mass is 9.81. The molecule has 4 aromatic rings. The van der Waals surface area contributed by atoms with E-state index in [9.17, 15) is 14.4 Å². The van der Waals surface area contributed by atoms with Gasteiger partial charge in [0.05, 0.1) is 18.1 Å². The van der Waals surface area contributed by atoms with Crippen molar-refractivity contribution in [3.8, 4) is 0 Å². The van der Waals surface area contributed by atoms with Gasteiger partial charge in [-0.15, -0.1) is 0 Å². The second-order valence-corrected chi connectivity index (χ2v) is 12.5. The minimum Gasteiger partial charge on any atom is -0.356 e. The van der Waals surface area contributed by atoms with E-state index in [4.69, 9.17) is 0 Å². The number of fused-ring (bicyclic) bond motifs is 5. The lowest BCUT2D eigenvalue weighted by Crippen LogP contribution is -2.57. The van der Waals surface area contributed by atoms with Crippen LogP contribution in [-0.4, -0.2) is 52.8 Å². The number of amides is 3. The third kappa shape index (κ3) is 5.20. The standard InChI is InChI=1S/C35H39N5O3/c1-21(36-4)32(41)38-27-19-25-24-17-11-12-18-26(24)37-30(25)28-20-35(2,3)31(40(28)34(27)43)33(42)39-29(22-13-7-5-8-14-22)23-15-9-6-10-16-23/h5-18,21,27-29,31,36-37H,19-20H2,1-4H3,(H,38,41)(H,39,42)/t21-,27-,28+,31+/m0/s1. The van der Waals surface area contributed by atoms with Gasteiger partial charge in [-0.05, 0) is 48.6 Å². The highest BCUT2D eigenvalue weighted by atomic mass is 16.2. The topological polar surface area (TPSA) is 106 Å². The molecule has 0 saturated carbocycles. The zero-order valence-corrected chi connectivity index (χ0v) is 25.1. The Morgan fingerprint density at radius 1 is 0.930 bits per heavy atom. The van der Waals surface area contributed by atoms with Crippen LogP contribution in [0.2, 0.25) is 0 Å². The van der Waals surface area contributed by atoms with Crippen molar-refractivity contribution in [2.24, 2.45) is 5.41 Å². The van der Waals surface area contributed by atoms with E-state index in [1.807, 2.05) is 78.9 Å². The molecule has 4 atom stereocenters. The fraction of sp³-hybridized carbons (Fsp3) is 0.343. The van der Waals surface area contributed by atoms with E-state index in [1.54, 1.807) is 18.9 Å². The molecule has 0 spiro atoms. The number of carbonyl (C=O) groups is 3. The maximum atomic E-state index is 14.5. The molecule has 3 heterocycles. The highest BCUT2D eigenvalue weighted by Crippen LogP contribution is 2.50. The molecule has 1 aromatic heterocycles. The molecule has 2 aliphatic rings. The molecular weight excluding hydrogens is 538 g/mol. The number of H-pyrrole nitrogens is 1. The first-order chi connectivity index (χ1) is 20.7. The predicted octanol–water partition coefficient (Wildman–Crippen LogP) is 4.39. The van der Waals surface area contributed by atoms with Crippen molar-refractivity contribution < 1.29 is 14.4 Å². The third-order valence-electron chi connectivity index (χ3n) is 9.16. The molecule has 4 N–H and O–H groups in total. The Morgan fingerprint density at radius 2 is 1.53 bits per heavy atom. The van der Waals surface area contributed by atoms with Gasteiger partial charge in [-0.25, -0.2) is 0 Å². The molecule has 1 saturated heterocycles. The van der Waals surface area contributed by atoms with Crippen LogP contribution in [-0.2, 0) is 20.8 Å². The average molecular weight is 578 g/mol. The highest BCUT2D eigenvalue weighted by molar-refractivity contribution is 5.96. The van der Waals surface area contributed by atoms with Gasteiger partial charge in [0, 0.05) is 23.0 Å². The van der Waals surface area contributed by atoms with Crippen LogP contribution in [0.5, 0.6) is 0 Å². The smallest absolute Gasteiger partial charge is 0.246 e. The molecule has 3 aromatic carbocycles. The summed E-state index contributed by atoms with van der Waals surface area (Å²) in [6.45, 7) is 5.87. The molecule has 222 valence electrons. The van der Waals surface area contributed by atoms with E-state index in [0.717, 1.165) is 33.3 Å². The predicted molar refractivity (Wildman–Crippen MR) is 167 cm³/mol. The van der Waals surface area contributed by atoms with Crippen molar-refractivity contribution in [1.82, 2.24) is 25.8 Å². The van der Waals surface area contributed by atoms with E-state index >= 15 is 0 Å². The molecule has 2 aliphatic heterocycles. The summed E-state index contributed by atoms with van der Waals surface area (Å²) in [7, 11) is 1.71.